The fourth-order valence-electron chi connectivity index (χ4n) is 1.60. The monoisotopic (exact) mass is 320 g/mol. The summed E-state index contributed by atoms with van der Waals surface area (Å²) < 4.78 is 26.9. The number of thiophene rings is 1. The highest BCUT2D eigenvalue weighted by Gasteiger charge is 2.26. The van der Waals surface area contributed by atoms with E-state index in [0.717, 1.165) is 11.3 Å². The topological polar surface area (TPSA) is 86.7 Å². The predicted octanol–water partition coefficient (Wildman–Crippen LogP) is 1.37. The highest BCUT2D eigenvalue weighted by atomic mass is 32.2. The number of nitrogens with zero attached hydrogens (tertiary/aromatic N) is 1. The lowest BCUT2D eigenvalue weighted by Gasteiger charge is -2.20. The highest BCUT2D eigenvalue weighted by molar-refractivity contribution is 7.89. The maximum atomic E-state index is 12.2. The van der Waals surface area contributed by atoms with Crippen molar-refractivity contribution in [1.29, 1.82) is 0 Å². The summed E-state index contributed by atoms with van der Waals surface area (Å²) in [5.74, 6) is -1.22. The van der Waals surface area contributed by atoms with Crippen molar-refractivity contribution in [3.05, 3.63) is 15.8 Å². The Balaban J connectivity index is 2.85. The zero-order valence-corrected chi connectivity index (χ0v) is 13.6. The quantitative estimate of drug-likeness (QED) is 0.792. The number of likely N-dealkylation sites (N-methyl/N-ethyl adjacent to an activating group) is 1. The largest absolute Gasteiger partial charge is 0.477 e. The lowest BCUT2D eigenvalue weighted by molar-refractivity contribution is 0.0698. The Labute approximate surface area is 123 Å². The third kappa shape index (κ3) is 4.02. The minimum absolute atomic E-state index is 0.123. The lowest BCUT2D eigenvalue weighted by atomic mass is 10.3. The van der Waals surface area contributed by atoms with Crippen molar-refractivity contribution in [2.24, 2.45) is 0 Å². The first kappa shape index (κ1) is 17.1. The molecule has 0 aliphatic carbocycles. The van der Waals surface area contributed by atoms with Crippen molar-refractivity contribution in [1.82, 2.24) is 9.62 Å². The summed E-state index contributed by atoms with van der Waals surface area (Å²) in [6.45, 7) is 6.42. The molecule has 114 valence electrons. The Kier molecular flexibility index (Phi) is 5.69. The van der Waals surface area contributed by atoms with E-state index in [1.807, 2.05) is 25.8 Å². The van der Waals surface area contributed by atoms with Gasteiger partial charge in [-0.15, -0.1) is 11.3 Å². The Morgan fingerprint density at radius 1 is 1.50 bits per heavy atom. The van der Waals surface area contributed by atoms with Gasteiger partial charge in [-0.3, -0.25) is 0 Å². The molecule has 0 aliphatic heterocycles. The van der Waals surface area contributed by atoms with Crippen molar-refractivity contribution in [3.63, 3.8) is 0 Å². The zero-order valence-electron chi connectivity index (χ0n) is 12.0. The summed E-state index contributed by atoms with van der Waals surface area (Å²) in [6, 6.07) is 0.317. The van der Waals surface area contributed by atoms with Gasteiger partial charge >= 0.3 is 5.97 Å². The van der Waals surface area contributed by atoms with E-state index in [1.54, 1.807) is 6.92 Å². The van der Waals surface area contributed by atoms with Gasteiger partial charge in [0.2, 0.25) is 10.0 Å². The minimum atomic E-state index is -3.79. The van der Waals surface area contributed by atoms with Gasteiger partial charge in [0.15, 0.2) is 0 Å². The molecular weight excluding hydrogens is 300 g/mol. The van der Waals surface area contributed by atoms with Crippen LogP contribution in [0.2, 0.25) is 0 Å². The highest BCUT2D eigenvalue weighted by Crippen LogP contribution is 2.26. The summed E-state index contributed by atoms with van der Waals surface area (Å²) in [6.07, 6.45) is 0. The summed E-state index contributed by atoms with van der Waals surface area (Å²) in [5, 5.41) is 10.6. The average Bonchev–Trinajstić information content (AvgIpc) is 2.71. The number of sulfonamides is 1. The molecule has 2 N–H and O–H groups in total. The molecule has 20 heavy (non-hydrogen) atoms. The molecule has 1 aromatic heterocycles. The lowest BCUT2D eigenvalue weighted by Crippen LogP contribution is -2.36. The van der Waals surface area contributed by atoms with Crippen molar-refractivity contribution in [2.45, 2.75) is 31.7 Å². The summed E-state index contributed by atoms with van der Waals surface area (Å²) >= 11 is 0.927. The molecule has 6 nitrogen and oxygen atoms in total. The van der Waals surface area contributed by atoms with E-state index in [0.29, 0.717) is 18.2 Å². The van der Waals surface area contributed by atoms with Gasteiger partial charge in [0, 0.05) is 19.1 Å². The number of rotatable bonds is 7. The van der Waals surface area contributed by atoms with Gasteiger partial charge in [-0.2, -0.15) is 0 Å². The standard InChI is InChI=1S/C12H20N2O4S2/c1-8(2)14(4)6-5-13-20(17,18)11-9(3)7-19-10(11)12(15)16/h7-8,13H,5-6H2,1-4H3,(H,15,16). The minimum Gasteiger partial charge on any atom is -0.477 e. The van der Waals surface area contributed by atoms with E-state index >= 15 is 0 Å². The van der Waals surface area contributed by atoms with Gasteiger partial charge in [0.05, 0.1) is 0 Å². The van der Waals surface area contributed by atoms with Gasteiger partial charge in [0.25, 0.3) is 0 Å². The smallest absolute Gasteiger partial charge is 0.347 e. The van der Waals surface area contributed by atoms with Gasteiger partial charge in [-0.25, -0.2) is 17.9 Å². The van der Waals surface area contributed by atoms with Gasteiger partial charge in [0.1, 0.15) is 9.77 Å². The second-order valence-corrected chi connectivity index (χ2v) is 7.44. The van der Waals surface area contributed by atoms with Crippen LogP contribution in [-0.2, 0) is 10.0 Å². The zero-order chi connectivity index (χ0) is 15.5. The van der Waals surface area contributed by atoms with Crippen LogP contribution in [0.15, 0.2) is 10.3 Å². The second-order valence-electron chi connectivity index (χ2n) is 4.85. The van der Waals surface area contributed by atoms with Crippen molar-refractivity contribution in [2.75, 3.05) is 20.1 Å². The third-order valence-electron chi connectivity index (χ3n) is 3.02. The number of carboxylic acids is 1. The number of carbonyl (C=O) groups is 1. The van der Waals surface area contributed by atoms with E-state index < -0.39 is 16.0 Å². The number of carboxylic acid groups (broad SMARTS) is 1. The fraction of sp³-hybridized carbons (Fsp3) is 0.583. The SMILES string of the molecule is Cc1csc(C(=O)O)c1S(=O)(=O)NCCN(C)C(C)C. The van der Waals surface area contributed by atoms with Crippen LogP contribution < -0.4 is 4.72 Å². The normalized spacial score (nSPS) is 12.3. The molecule has 0 fully saturated rings. The molecule has 8 heteroatoms. The molecule has 0 bridgehead atoms. The molecular formula is C12H20N2O4S2. The van der Waals surface area contributed by atoms with Crippen LogP contribution in [0.1, 0.15) is 29.1 Å². The number of hydrogen-bond donors (Lipinski definition) is 2. The molecule has 0 aromatic carbocycles. The average molecular weight is 320 g/mol. The second kappa shape index (κ2) is 6.66. The summed E-state index contributed by atoms with van der Waals surface area (Å²) in [4.78, 5) is 12.8. The Bertz CT molecular complexity index is 578. The number of aromatic carboxylic acids is 1. The molecule has 0 unspecified atom stereocenters. The maximum absolute atomic E-state index is 12.2. The molecule has 0 spiro atoms. The summed E-state index contributed by atoms with van der Waals surface area (Å²) in [5.41, 5.74) is 0.456. The first-order chi connectivity index (χ1) is 9.16. The Hall–Kier alpha value is -0.960. The van der Waals surface area contributed by atoms with E-state index in [9.17, 15) is 13.2 Å². The van der Waals surface area contributed by atoms with Crippen molar-refractivity contribution in [3.8, 4) is 0 Å². The molecule has 0 aliphatic rings. The fourth-order valence-corrected chi connectivity index (χ4v) is 4.25. The van der Waals surface area contributed by atoms with Crippen LogP contribution in [-0.4, -0.2) is 50.6 Å². The molecule has 0 saturated carbocycles. The van der Waals surface area contributed by atoms with Crippen LogP contribution in [0.25, 0.3) is 0 Å². The Morgan fingerprint density at radius 3 is 2.60 bits per heavy atom. The van der Waals surface area contributed by atoms with Crippen molar-refractivity contribution >= 4 is 27.3 Å². The van der Waals surface area contributed by atoms with E-state index in [1.165, 1.54) is 5.38 Å². The van der Waals surface area contributed by atoms with Crippen LogP contribution in [0.5, 0.6) is 0 Å². The van der Waals surface area contributed by atoms with E-state index in [2.05, 4.69) is 4.72 Å². The molecule has 0 saturated heterocycles. The molecule has 1 aromatic rings. The first-order valence-corrected chi connectivity index (χ1v) is 8.54. The molecule has 1 rings (SSSR count). The van der Waals surface area contributed by atoms with E-state index in [4.69, 9.17) is 5.11 Å². The maximum Gasteiger partial charge on any atom is 0.347 e. The first-order valence-electron chi connectivity index (χ1n) is 6.18. The van der Waals surface area contributed by atoms with Crippen molar-refractivity contribution < 1.29 is 18.3 Å². The molecule has 0 amide bonds. The number of nitrogens with one attached hydrogen (secondary N) is 1. The van der Waals surface area contributed by atoms with Gasteiger partial charge < -0.3 is 10.0 Å². The molecule has 0 atom stereocenters. The van der Waals surface area contributed by atoms with Gasteiger partial charge in [-0.1, -0.05) is 0 Å². The molecule has 1 heterocycles. The number of hydrogen-bond acceptors (Lipinski definition) is 5. The van der Waals surface area contributed by atoms with Crippen LogP contribution in [0.3, 0.4) is 0 Å². The van der Waals surface area contributed by atoms with Crippen LogP contribution >= 0.6 is 11.3 Å². The van der Waals surface area contributed by atoms with Crippen LogP contribution in [0.4, 0.5) is 0 Å². The number of aryl methyl sites for hydroxylation is 1. The van der Waals surface area contributed by atoms with Crippen LogP contribution in [0, 0.1) is 6.92 Å². The molecule has 0 radical (unpaired) electrons. The van der Waals surface area contributed by atoms with Gasteiger partial charge in [-0.05, 0) is 38.8 Å². The third-order valence-corrected chi connectivity index (χ3v) is 5.88. The summed E-state index contributed by atoms with van der Waals surface area (Å²) in [7, 11) is -1.89. The predicted molar refractivity (Wildman–Crippen MR) is 79.0 cm³/mol. The Morgan fingerprint density at radius 2 is 2.10 bits per heavy atom. The van der Waals surface area contributed by atoms with E-state index in [-0.39, 0.29) is 16.3 Å².